The zero-order valence-electron chi connectivity index (χ0n) is 12.6. The molecule has 1 aromatic rings. The molecule has 1 rings (SSSR count). The van der Waals surface area contributed by atoms with Crippen LogP contribution in [0.25, 0.3) is 0 Å². The summed E-state index contributed by atoms with van der Waals surface area (Å²) in [5.74, 6) is 0.218. The third kappa shape index (κ3) is 3.79. The van der Waals surface area contributed by atoms with Gasteiger partial charge in [-0.25, -0.2) is 12.7 Å². The first kappa shape index (κ1) is 16.2. The Morgan fingerprint density at radius 2 is 1.89 bits per heavy atom. The molecule has 0 spiro atoms. The van der Waals surface area contributed by atoms with Gasteiger partial charge in [0.1, 0.15) is 0 Å². The normalized spacial score (nSPS) is 12.3. The summed E-state index contributed by atoms with van der Waals surface area (Å²) >= 11 is 0. The molecular weight excluding hydrogens is 262 g/mol. The third-order valence-corrected chi connectivity index (χ3v) is 5.50. The van der Waals surface area contributed by atoms with Gasteiger partial charge in [-0.15, -0.1) is 0 Å². The standard InChI is InChI=1S/C13H25N3O2S/c1-6-10-19(17,18)15(5)9-8-13-11(3)14-16(7-2)12(13)4/h6-10H2,1-5H3. The minimum atomic E-state index is -3.10. The average molecular weight is 287 g/mol. The van der Waals surface area contributed by atoms with Gasteiger partial charge in [0.2, 0.25) is 10.0 Å². The first-order chi connectivity index (χ1) is 8.83. The Kier molecular flexibility index (Phi) is 5.55. The van der Waals surface area contributed by atoms with Crippen LogP contribution in [-0.2, 0) is 23.0 Å². The molecule has 6 heteroatoms. The van der Waals surface area contributed by atoms with Crippen LogP contribution in [0.15, 0.2) is 0 Å². The second-order valence-corrected chi connectivity index (χ2v) is 7.05. The van der Waals surface area contributed by atoms with E-state index in [4.69, 9.17) is 0 Å². The molecular formula is C13H25N3O2S. The number of nitrogens with zero attached hydrogens (tertiary/aromatic N) is 3. The highest BCUT2D eigenvalue weighted by molar-refractivity contribution is 7.89. The van der Waals surface area contributed by atoms with Crippen molar-refractivity contribution in [3.63, 3.8) is 0 Å². The van der Waals surface area contributed by atoms with Crippen LogP contribution >= 0.6 is 0 Å². The van der Waals surface area contributed by atoms with Gasteiger partial charge in [-0.3, -0.25) is 4.68 Å². The van der Waals surface area contributed by atoms with Gasteiger partial charge in [0, 0.05) is 25.8 Å². The van der Waals surface area contributed by atoms with E-state index in [1.165, 1.54) is 9.87 Å². The Morgan fingerprint density at radius 3 is 2.37 bits per heavy atom. The molecule has 19 heavy (non-hydrogen) atoms. The van der Waals surface area contributed by atoms with Crippen LogP contribution in [0.1, 0.15) is 37.2 Å². The molecule has 0 aliphatic rings. The van der Waals surface area contributed by atoms with Crippen LogP contribution in [-0.4, -0.2) is 41.8 Å². The second kappa shape index (κ2) is 6.52. The molecule has 0 radical (unpaired) electrons. The maximum Gasteiger partial charge on any atom is 0.213 e. The first-order valence-electron chi connectivity index (χ1n) is 6.80. The summed E-state index contributed by atoms with van der Waals surface area (Å²) in [4.78, 5) is 0. The van der Waals surface area contributed by atoms with E-state index < -0.39 is 10.0 Å². The van der Waals surface area contributed by atoms with Crippen molar-refractivity contribution in [2.24, 2.45) is 0 Å². The van der Waals surface area contributed by atoms with E-state index in [2.05, 4.69) is 12.0 Å². The molecule has 0 bridgehead atoms. The average Bonchev–Trinajstić information content (AvgIpc) is 2.61. The van der Waals surface area contributed by atoms with Crippen molar-refractivity contribution < 1.29 is 8.42 Å². The molecule has 110 valence electrons. The zero-order valence-corrected chi connectivity index (χ0v) is 13.4. The van der Waals surface area contributed by atoms with Gasteiger partial charge in [0.25, 0.3) is 0 Å². The highest BCUT2D eigenvalue weighted by Crippen LogP contribution is 2.14. The van der Waals surface area contributed by atoms with Crippen LogP contribution in [0.3, 0.4) is 0 Å². The highest BCUT2D eigenvalue weighted by atomic mass is 32.2. The molecule has 0 unspecified atom stereocenters. The van der Waals surface area contributed by atoms with E-state index in [9.17, 15) is 8.42 Å². The molecule has 1 aromatic heterocycles. The van der Waals surface area contributed by atoms with E-state index in [-0.39, 0.29) is 5.75 Å². The van der Waals surface area contributed by atoms with Gasteiger partial charge in [-0.2, -0.15) is 5.10 Å². The summed E-state index contributed by atoms with van der Waals surface area (Å²) in [6.07, 6.45) is 1.37. The van der Waals surface area contributed by atoms with Crippen LogP contribution in [0.2, 0.25) is 0 Å². The molecule has 0 saturated carbocycles. The summed E-state index contributed by atoms with van der Waals surface area (Å²) in [5, 5.41) is 4.45. The fourth-order valence-electron chi connectivity index (χ4n) is 2.23. The van der Waals surface area contributed by atoms with Crippen molar-refractivity contribution in [3.8, 4) is 0 Å². The first-order valence-corrected chi connectivity index (χ1v) is 8.41. The quantitative estimate of drug-likeness (QED) is 0.767. The van der Waals surface area contributed by atoms with Crippen molar-refractivity contribution in [1.82, 2.24) is 14.1 Å². The highest BCUT2D eigenvalue weighted by Gasteiger charge is 2.18. The summed E-state index contributed by atoms with van der Waals surface area (Å²) in [7, 11) is -1.45. The summed E-state index contributed by atoms with van der Waals surface area (Å²) in [5.41, 5.74) is 3.31. The Bertz CT molecular complexity index is 520. The summed E-state index contributed by atoms with van der Waals surface area (Å²) < 4.78 is 27.2. The molecule has 5 nitrogen and oxygen atoms in total. The lowest BCUT2D eigenvalue weighted by Crippen LogP contribution is -2.31. The third-order valence-electron chi connectivity index (χ3n) is 3.44. The van der Waals surface area contributed by atoms with E-state index >= 15 is 0 Å². The Balaban J connectivity index is 2.75. The lowest BCUT2D eigenvalue weighted by atomic mass is 10.1. The number of hydrogen-bond acceptors (Lipinski definition) is 3. The number of sulfonamides is 1. The van der Waals surface area contributed by atoms with E-state index in [1.54, 1.807) is 7.05 Å². The van der Waals surface area contributed by atoms with Gasteiger partial charge in [0.15, 0.2) is 0 Å². The summed E-state index contributed by atoms with van der Waals surface area (Å²) in [6.45, 7) is 9.32. The molecule has 0 aliphatic heterocycles. The predicted octanol–water partition coefficient (Wildman–Crippen LogP) is 1.73. The Morgan fingerprint density at radius 1 is 1.26 bits per heavy atom. The second-order valence-electron chi connectivity index (χ2n) is 4.85. The van der Waals surface area contributed by atoms with Gasteiger partial charge < -0.3 is 0 Å². The number of aryl methyl sites for hydroxylation is 2. The largest absolute Gasteiger partial charge is 0.270 e. The van der Waals surface area contributed by atoms with E-state index in [0.29, 0.717) is 13.0 Å². The number of rotatable bonds is 7. The van der Waals surface area contributed by atoms with Crippen molar-refractivity contribution in [2.45, 2.75) is 47.1 Å². The molecule has 0 N–H and O–H groups in total. The molecule has 0 atom stereocenters. The minimum Gasteiger partial charge on any atom is -0.270 e. The fraction of sp³-hybridized carbons (Fsp3) is 0.769. The minimum absolute atomic E-state index is 0.218. The van der Waals surface area contributed by atoms with Crippen molar-refractivity contribution >= 4 is 10.0 Å². The Hall–Kier alpha value is -0.880. The smallest absolute Gasteiger partial charge is 0.213 e. The monoisotopic (exact) mass is 287 g/mol. The molecule has 0 saturated heterocycles. The van der Waals surface area contributed by atoms with Crippen LogP contribution < -0.4 is 0 Å². The number of aromatic nitrogens is 2. The molecule has 0 amide bonds. The topological polar surface area (TPSA) is 55.2 Å². The van der Waals surface area contributed by atoms with Gasteiger partial charge in [0.05, 0.1) is 11.4 Å². The zero-order chi connectivity index (χ0) is 14.6. The number of hydrogen-bond donors (Lipinski definition) is 0. The Labute approximate surface area is 116 Å². The molecule has 0 aliphatic carbocycles. The van der Waals surface area contributed by atoms with E-state index in [0.717, 1.165) is 24.4 Å². The SMILES string of the molecule is CCCS(=O)(=O)N(C)CCc1c(C)nn(CC)c1C. The lowest BCUT2D eigenvalue weighted by Gasteiger charge is -2.16. The molecule has 0 fully saturated rings. The molecule has 0 aromatic carbocycles. The van der Waals surface area contributed by atoms with Crippen molar-refractivity contribution in [2.75, 3.05) is 19.3 Å². The summed E-state index contributed by atoms with van der Waals surface area (Å²) in [6, 6.07) is 0. The van der Waals surface area contributed by atoms with Crippen LogP contribution in [0.5, 0.6) is 0 Å². The number of likely N-dealkylation sites (N-methyl/N-ethyl adjacent to an activating group) is 1. The van der Waals surface area contributed by atoms with Gasteiger partial charge >= 0.3 is 0 Å². The fourth-order valence-corrected chi connectivity index (χ4v) is 3.42. The van der Waals surface area contributed by atoms with Gasteiger partial charge in [-0.05, 0) is 39.2 Å². The van der Waals surface area contributed by atoms with Crippen molar-refractivity contribution in [1.29, 1.82) is 0 Å². The predicted molar refractivity (Wildman–Crippen MR) is 77.8 cm³/mol. The molecule has 1 heterocycles. The van der Waals surface area contributed by atoms with Crippen LogP contribution in [0, 0.1) is 13.8 Å². The van der Waals surface area contributed by atoms with Gasteiger partial charge in [-0.1, -0.05) is 6.92 Å². The van der Waals surface area contributed by atoms with Crippen LogP contribution in [0.4, 0.5) is 0 Å². The lowest BCUT2D eigenvalue weighted by molar-refractivity contribution is 0.471. The van der Waals surface area contributed by atoms with E-state index in [1.807, 2.05) is 25.5 Å². The maximum atomic E-state index is 11.9. The van der Waals surface area contributed by atoms with Crippen molar-refractivity contribution in [3.05, 3.63) is 17.0 Å². The maximum absolute atomic E-state index is 11.9.